The van der Waals surface area contributed by atoms with Crippen LogP contribution in [0.5, 0.6) is 0 Å². The van der Waals surface area contributed by atoms with Crippen molar-refractivity contribution in [3.8, 4) is 0 Å². The molecule has 1 aliphatic rings. The van der Waals surface area contributed by atoms with Crippen LogP contribution in [0.2, 0.25) is 0 Å². The van der Waals surface area contributed by atoms with Gasteiger partial charge in [-0.1, -0.05) is 0 Å². The number of ether oxygens (including phenoxy) is 1. The quantitative estimate of drug-likeness (QED) is 0.777. The summed E-state index contributed by atoms with van der Waals surface area (Å²) in [6.45, 7) is 2.07. The fourth-order valence-electron chi connectivity index (χ4n) is 2.33. The molecule has 1 heterocycles. The van der Waals surface area contributed by atoms with Crippen LogP contribution in [0.1, 0.15) is 19.3 Å². The largest absolute Gasteiger partial charge is 0.453 e. The molecule has 6 heteroatoms. The first-order valence-electron chi connectivity index (χ1n) is 7.13. The molecule has 1 aromatic carbocycles. The molecule has 21 heavy (non-hydrogen) atoms. The lowest BCUT2D eigenvalue weighted by Gasteiger charge is -2.09. The van der Waals surface area contributed by atoms with Crippen LogP contribution in [-0.2, 0) is 9.53 Å². The second-order valence-electron chi connectivity index (χ2n) is 5.14. The number of amides is 2. The number of anilines is 2. The van der Waals surface area contributed by atoms with E-state index in [2.05, 4.69) is 20.7 Å². The summed E-state index contributed by atoms with van der Waals surface area (Å²) in [4.78, 5) is 22.9. The SMILES string of the molecule is COC(=O)Nc1ccc(NC(=O)CCC2CCNC2)cc1. The van der Waals surface area contributed by atoms with Crippen LogP contribution < -0.4 is 16.0 Å². The fourth-order valence-corrected chi connectivity index (χ4v) is 2.33. The van der Waals surface area contributed by atoms with Gasteiger partial charge in [0.1, 0.15) is 0 Å². The Kier molecular flexibility index (Phi) is 5.57. The number of carbonyl (C=O) groups is 2. The Balaban J connectivity index is 1.76. The molecular weight excluding hydrogens is 270 g/mol. The van der Waals surface area contributed by atoms with Gasteiger partial charge in [0.2, 0.25) is 5.91 Å². The molecule has 1 unspecified atom stereocenters. The van der Waals surface area contributed by atoms with Gasteiger partial charge in [-0.25, -0.2) is 4.79 Å². The fraction of sp³-hybridized carbons (Fsp3) is 0.467. The first-order chi connectivity index (χ1) is 10.2. The van der Waals surface area contributed by atoms with E-state index in [1.54, 1.807) is 24.3 Å². The lowest BCUT2D eigenvalue weighted by molar-refractivity contribution is -0.116. The van der Waals surface area contributed by atoms with Crippen LogP contribution in [0, 0.1) is 5.92 Å². The van der Waals surface area contributed by atoms with E-state index in [0.717, 1.165) is 31.6 Å². The van der Waals surface area contributed by atoms with Gasteiger partial charge >= 0.3 is 6.09 Å². The number of hydrogen-bond acceptors (Lipinski definition) is 4. The zero-order chi connectivity index (χ0) is 15.1. The van der Waals surface area contributed by atoms with Gasteiger partial charge in [0, 0.05) is 17.8 Å². The summed E-state index contributed by atoms with van der Waals surface area (Å²) in [7, 11) is 1.31. The zero-order valence-electron chi connectivity index (χ0n) is 12.1. The van der Waals surface area contributed by atoms with Crippen molar-refractivity contribution in [3.63, 3.8) is 0 Å². The molecule has 1 saturated heterocycles. The Bertz CT molecular complexity index is 481. The standard InChI is InChI=1S/C15H21N3O3/c1-21-15(20)18-13-5-3-12(4-6-13)17-14(19)7-2-11-8-9-16-10-11/h3-6,11,16H,2,7-10H2,1H3,(H,17,19)(H,18,20). The second kappa shape index (κ2) is 7.64. The van der Waals surface area contributed by atoms with Crippen LogP contribution in [0.4, 0.5) is 16.2 Å². The van der Waals surface area contributed by atoms with Gasteiger partial charge in [0.15, 0.2) is 0 Å². The Morgan fingerprint density at radius 1 is 1.24 bits per heavy atom. The monoisotopic (exact) mass is 291 g/mol. The number of nitrogens with one attached hydrogen (secondary N) is 3. The van der Waals surface area contributed by atoms with Gasteiger partial charge in [-0.15, -0.1) is 0 Å². The molecule has 0 aromatic heterocycles. The predicted octanol–water partition coefficient (Wildman–Crippen LogP) is 2.19. The minimum absolute atomic E-state index is 0.0237. The van der Waals surface area contributed by atoms with Gasteiger partial charge in [-0.3, -0.25) is 10.1 Å². The van der Waals surface area contributed by atoms with E-state index in [-0.39, 0.29) is 5.91 Å². The zero-order valence-corrected chi connectivity index (χ0v) is 12.1. The van der Waals surface area contributed by atoms with Gasteiger partial charge in [0.05, 0.1) is 7.11 Å². The van der Waals surface area contributed by atoms with Crippen molar-refractivity contribution < 1.29 is 14.3 Å². The molecule has 1 fully saturated rings. The second-order valence-corrected chi connectivity index (χ2v) is 5.14. The van der Waals surface area contributed by atoms with Crippen molar-refractivity contribution in [1.29, 1.82) is 0 Å². The maximum atomic E-state index is 11.9. The maximum absolute atomic E-state index is 11.9. The average Bonchev–Trinajstić information content (AvgIpc) is 3.00. The van der Waals surface area contributed by atoms with Crippen LogP contribution >= 0.6 is 0 Å². The number of benzene rings is 1. The van der Waals surface area contributed by atoms with Crippen LogP contribution in [0.15, 0.2) is 24.3 Å². The molecule has 0 spiro atoms. The van der Waals surface area contributed by atoms with Crippen LogP contribution in [0.25, 0.3) is 0 Å². The maximum Gasteiger partial charge on any atom is 0.411 e. The van der Waals surface area contributed by atoms with E-state index < -0.39 is 6.09 Å². The van der Waals surface area contributed by atoms with Gasteiger partial charge in [-0.05, 0) is 56.1 Å². The Morgan fingerprint density at radius 3 is 2.48 bits per heavy atom. The van der Waals surface area contributed by atoms with Crippen molar-refractivity contribution in [3.05, 3.63) is 24.3 Å². The Labute approximate surface area is 124 Å². The van der Waals surface area contributed by atoms with Crippen LogP contribution in [-0.4, -0.2) is 32.2 Å². The highest BCUT2D eigenvalue weighted by Gasteiger charge is 2.15. The molecule has 1 aliphatic heterocycles. The summed E-state index contributed by atoms with van der Waals surface area (Å²) in [6.07, 6.45) is 2.09. The van der Waals surface area contributed by atoms with E-state index >= 15 is 0 Å². The number of methoxy groups -OCH3 is 1. The Morgan fingerprint density at radius 2 is 1.90 bits per heavy atom. The lowest BCUT2D eigenvalue weighted by Crippen LogP contribution is -2.15. The molecule has 0 radical (unpaired) electrons. The first kappa shape index (κ1) is 15.3. The molecule has 114 valence electrons. The minimum Gasteiger partial charge on any atom is -0.453 e. The number of carbonyl (C=O) groups excluding carboxylic acids is 2. The lowest BCUT2D eigenvalue weighted by atomic mass is 10.0. The van der Waals surface area contributed by atoms with Gasteiger partial charge in [0.25, 0.3) is 0 Å². The first-order valence-corrected chi connectivity index (χ1v) is 7.13. The van der Waals surface area contributed by atoms with Crippen molar-refractivity contribution in [2.45, 2.75) is 19.3 Å². The predicted molar refractivity (Wildman–Crippen MR) is 81.3 cm³/mol. The van der Waals surface area contributed by atoms with Crippen LogP contribution in [0.3, 0.4) is 0 Å². The summed E-state index contributed by atoms with van der Waals surface area (Å²) in [6, 6.07) is 6.93. The molecule has 0 aliphatic carbocycles. The number of rotatable bonds is 5. The van der Waals surface area contributed by atoms with Gasteiger partial charge in [-0.2, -0.15) is 0 Å². The molecule has 0 saturated carbocycles. The van der Waals surface area contributed by atoms with Crippen molar-refractivity contribution in [2.24, 2.45) is 5.92 Å². The molecule has 2 rings (SSSR count). The molecule has 0 bridgehead atoms. The normalized spacial score (nSPS) is 17.3. The summed E-state index contributed by atoms with van der Waals surface area (Å²) in [5.41, 5.74) is 1.34. The minimum atomic E-state index is -0.517. The third-order valence-corrected chi connectivity index (χ3v) is 3.54. The topological polar surface area (TPSA) is 79.5 Å². The molecule has 1 atom stereocenters. The van der Waals surface area contributed by atoms with Crippen molar-refractivity contribution in [1.82, 2.24) is 5.32 Å². The third kappa shape index (κ3) is 5.07. The smallest absolute Gasteiger partial charge is 0.411 e. The van der Waals surface area contributed by atoms with E-state index in [1.807, 2.05) is 0 Å². The van der Waals surface area contributed by atoms with E-state index in [4.69, 9.17) is 0 Å². The van der Waals surface area contributed by atoms with E-state index in [0.29, 0.717) is 18.0 Å². The highest BCUT2D eigenvalue weighted by Crippen LogP contribution is 2.17. The van der Waals surface area contributed by atoms with Crippen molar-refractivity contribution >= 4 is 23.4 Å². The van der Waals surface area contributed by atoms with Crippen molar-refractivity contribution in [2.75, 3.05) is 30.8 Å². The highest BCUT2D eigenvalue weighted by atomic mass is 16.5. The molecule has 1 aromatic rings. The summed E-state index contributed by atoms with van der Waals surface area (Å²) in [5, 5.41) is 8.71. The average molecular weight is 291 g/mol. The summed E-state index contributed by atoms with van der Waals surface area (Å²) in [5.74, 6) is 0.637. The molecule has 2 amide bonds. The third-order valence-electron chi connectivity index (χ3n) is 3.54. The summed E-state index contributed by atoms with van der Waals surface area (Å²) < 4.78 is 4.50. The Hall–Kier alpha value is -2.08. The van der Waals surface area contributed by atoms with E-state index in [1.165, 1.54) is 7.11 Å². The number of hydrogen-bond donors (Lipinski definition) is 3. The molecular formula is C15H21N3O3. The van der Waals surface area contributed by atoms with Gasteiger partial charge < -0.3 is 15.4 Å². The molecule has 3 N–H and O–H groups in total. The highest BCUT2D eigenvalue weighted by molar-refractivity contribution is 5.91. The summed E-state index contributed by atoms with van der Waals surface area (Å²) >= 11 is 0. The molecule has 6 nitrogen and oxygen atoms in total. The van der Waals surface area contributed by atoms with E-state index in [9.17, 15) is 9.59 Å².